The molecule has 1 amide bonds. The Balaban J connectivity index is 2.30. The van der Waals surface area contributed by atoms with Crippen LogP contribution in [0.5, 0.6) is 0 Å². The number of rotatable bonds is 8. The van der Waals surface area contributed by atoms with Gasteiger partial charge in [-0.15, -0.1) is 0 Å². The summed E-state index contributed by atoms with van der Waals surface area (Å²) in [4.78, 5) is 11.5. The zero-order valence-corrected chi connectivity index (χ0v) is 10.2. The van der Waals surface area contributed by atoms with Crippen LogP contribution in [0.2, 0.25) is 0 Å². The minimum atomic E-state index is 0.00439. The number of nitrogens with two attached hydrogens (primary N) is 1. The lowest BCUT2D eigenvalue weighted by Gasteiger charge is -2.01. The van der Waals surface area contributed by atoms with Crippen molar-refractivity contribution in [1.82, 2.24) is 9.78 Å². The molecule has 0 atom stereocenters. The van der Waals surface area contributed by atoms with Crippen LogP contribution in [0.25, 0.3) is 0 Å². The first-order chi connectivity index (χ1) is 8.26. The third-order valence-electron chi connectivity index (χ3n) is 2.30. The molecule has 0 saturated heterocycles. The van der Waals surface area contributed by atoms with Crippen molar-refractivity contribution in [2.75, 3.05) is 25.6 Å². The van der Waals surface area contributed by atoms with Crippen LogP contribution in [0.1, 0.15) is 19.3 Å². The molecule has 6 nitrogen and oxygen atoms in total. The van der Waals surface area contributed by atoms with Gasteiger partial charge in [-0.2, -0.15) is 5.10 Å². The van der Waals surface area contributed by atoms with Crippen molar-refractivity contribution in [3.05, 3.63) is 12.4 Å². The number of anilines is 1. The molecule has 96 valence electrons. The van der Waals surface area contributed by atoms with Gasteiger partial charge in [0.2, 0.25) is 5.91 Å². The lowest BCUT2D eigenvalue weighted by atomic mass is 10.2. The summed E-state index contributed by atoms with van der Waals surface area (Å²) in [5, 5.41) is 6.90. The Hall–Kier alpha value is -1.40. The Kier molecular flexibility index (Phi) is 6.27. The van der Waals surface area contributed by atoms with Gasteiger partial charge in [-0.25, -0.2) is 0 Å². The van der Waals surface area contributed by atoms with Crippen molar-refractivity contribution in [3.8, 4) is 0 Å². The van der Waals surface area contributed by atoms with Crippen LogP contribution in [0.4, 0.5) is 5.69 Å². The monoisotopic (exact) mass is 240 g/mol. The van der Waals surface area contributed by atoms with Crippen molar-refractivity contribution in [1.29, 1.82) is 0 Å². The molecule has 17 heavy (non-hydrogen) atoms. The number of methoxy groups -OCH3 is 1. The molecule has 0 saturated carbocycles. The first-order valence-electron chi connectivity index (χ1n) is 5.77. The highest BCUT2D eigenvalue weighted by Crippen LogP contribution is 2.06. The highest BCUT2D eigenvalue weighted by Gasteiger charge is 2.04. The second-order valence-corrected chi connectivity index (χ2v) is 3.78. The molecular formula is C11H20N4O2. The van der Waals surface area contributed by atoms with E-state index in [0.29, 0.717) is 26.1 Å². The highest BCUT2D eigenvalue weighted by atomic mass is 16.5. The molecule has 1 heterocycles. The molecule has 0 fully saturated rings. The van der Waals surface area contributed by atoms with Crippen LogP contribution in [0.15, 0.2) is 12.4 Å². The number of hydrogen-bond donors (Lipinski definition) is 2. The topological polar surface area (TPSA) is 82.2 Å². The van der Waals surface area contributed by atoms with E-state index in [9.17, 15) is 4.79 Å². The Bertz CT molecular complexity index is 338. The third-order valence-corrected chi connectivity index (χ3v) is 2.30. The predicted molar refractivity (Wildman–Crippen MR) is 65.6 cm³/mol. The van der Waals surface area contributed by atoms with Gasteiger partial charge in [-0.05, 0) is 19.4 Å². The summed E-state index contributed by atoms with van der Waals surface area (Å²) in [6.07, 6.45) is 5.62. The number of ether oxygens (including phenoxy) is 1. The maximum Gasteiger partial charge on any atom is 0.224 e. The zero-order chi connectivity index (χ0) is 12.5. The number of carbonyl (C=O) groups is 1. The Morgan fingerprint density at radius 3 is 3.12 bits per heavy atom. The van der Waals surface area contributed by atoms with Gasteiger partial charge in [0.05, 0.1) is 25.0 Å². The smallest absolute Gasteiger partial charge is 0.224 e. The fourth-order valence-corrected chi connectivity index (χ4v) is 1.39. The van der Waals surface area contributed by atoms with E-state index < -0.39 is 0 Å². The maximum absolute atomic E-state index is 11.5. The number of hydrogen-bond acceptors (Lipinski definition) is 4. The van der Waals surface area contributed by atoms with Crippen molar-refractivity contribution in [2.45, 2.75) is 25.8 Å². The Labute approximate surface area is 101 Å². The van der Waals surface area contributed by atoms with E-state index in [-0.39, 0.29) is 5.91 Å². The summed E-state index contributed by atoms with van der Waals surface area (Å²) in [5.74, 6) is 0.00439. The van der Waals surface area contributed by atoms with Crippen LogP contribution in [-0.2, 0) is 16.1 Å². The number of unbranched alkanes of at least 4 members (excludes halogenated alkanes) is 1. The number of nitrogens with one attached hydrogen (secondary N) is 1. The average molecular weight is 240 g/mol. The summed E-state index contributed by atoms with van der Waals surface area (Å²) < 4.78 is 6.68. The molecule has 0 spiro atoms. The molecule has 0 radical (unpaired) electrons. The molecule has 0 aromatic carbocycles. The van der Waals surface area contributed by atoms with E-state index in [0.717, 1.165) is 18.5 Å². The van der Waals surface area contributed by atoms with Crippen molar-refractivity contribution >= 4 is 11.6 Å². The first kappa shape index (κ1) is 13.7. The molecule has 1 aromatic heterocycles. The molecule has 0 aliphatic carbocycles. The molecule has 1 aromatic rings. The van der Waals surface area contributed by atoms with E-state index in [1.165, 1.54) is 0 Å². The minimum Gasteiger partial charge on any atom is -0.383 e. The van der Waals surface area contributed by atoms with Gasteiger partial charge in [0.1, 0.15) is 0 Å². The molecule has 3 N–H and O–H groups in total. The van der Waals surface area contributed by atoms with Crippen LogP contribution >= 0.6 is 0 Å². The minimum absolute atomic E-state index is 0.00439. The van der Waals surface area contributed by atoms with Crippen molar-refractivity contribution in [2.24, 2.45) is 5.73 Å². The normalized spacial score (nSPS) is 10.5. The number of nitrogens with zero attached hydrogens (tertiary/aromatic N) is 2. The average Bonchev–Trinajstić information content (AvgIpc) is 2.74. The van der Waals surface area contributed by atoms with Gasteiger partial charge in [0, 0.05) is 19.7 Å². The van der Waals surface area contributed by atoms with Gasteiger partial charge >= 0.3 is 0 Å². The summed E-state index contributed by atoms with van der Waals surface area (Å²) in [7, 11) is 1.64. The SMILES string of the molecule is COCCn1cc(NC(=O)CCCCN)cn1. The molecule has 6 heteroatoms. The summed E-state index contributed by atoms with van der Waals surface area (Å²) in [5.41, 5.74) is 6.08. The van der Waals surface area contributed by atoms with Gasteiger partial charge in [0.15, 0.2) is 0 Å². The van der Waals surface area contributed by atoms with Crippen LogP contribution in [-0.4, -0.2) is 35.9 Å². The molecular weight excluding hydrogens is 220 g/mol. The molecule has 0 aliphatic heterocycles. The lowest BCUT2D eigenvalue weighted by molar-refractivity contribution is -0.116. The molecule has 1 rings (SSSR count). The highest BCUT2D eigenvalue weighted by molar-refractivity contribution is 5.90. The first-order valence-corrected chi connectivity index (χ1v) is 5.77. The van der Waals surface area contributed by atoms with E-state index in [1.54, 1.807) is 24.2 Å². The standard InChI is InChI=1S/C11H20N4O2/c1-17-7-6-15-9-10(8-13-15)14-11(16)4-2-3-5-12/h8-9H,2-7,12H2,1H3,(H,14,16). The van der Waals surface area contributed by atoms with Crippen LogP contribution in [0.3, 0.4) is 0 Å². The zero-order valence-electron chi connectivity index (χ0n) is 10.2. The van der Waals surface area contributed by atoms with E-state index in [1.807, 2.05) is 0 Å². The fraction of sp³-hybridized carbons (Fsp3) is 0.636. The van der Waals surface area contributed by atoms with Crippen molar-refractivity contribution in [3.63, 3.8) is 0 Å². The second-order valence-electron chi connectivity index (χ2n) is 3.78. The summed E-state index contributed by atoms with van der Waals surface area (Å²) in [6, 6.07) is 0. The maximum atomic E-state index is 11.5. The third kappa shape index (κ3) is 5.46. The quantitative estimate of drug-likeness (QED) is 0.652. The Morgan fingerprint density at radius 2 is 2.41 bits per heavy atom. The van der Waals surface area contributed by atoms with Crippen LogP contribution in [0, 0.1) is 0 Å². The predicted octanol–water partition coefficient (Wildman–Crippen LogP) is 0.597. The largest absolute Gasteiger partial charge is 0.383 e. The van der Waals surface area contributed by atoms with Gasteiger partial charge in [-0.3, -0.25) is 9.48 Å². The van der Waals surface area contributed by atoms with Crippen LogP contribution < -0.4 is 11.1 Å². The molecule has 0 bridgehead atoms. The Morgan fingerprint density at radius 1 is 1.59 bits per heavy atom. The lowest BCUT2D eigenvalue weighted by Crippen LogP contribution is -2.11. The summed E-state index contributed by atoms with van der Waals surface area (Å²) >= 11 is 0. The van der Waals surface area contributed by atoms with E-state index >= 15 is 0 Å². The molecule has 0 unspecified atom stereocenters. The number of aromatic nitrogens is 2. The summed E-state index contributed by atoms with van der Waals surface area (Å²) in [6.45, 7) is 1.91. The second kappa shape index (κ2) is 7.81. The van der Waals surface area contributed by atoms with Gasteiger partial charge in [0.25, 0.3) is 0 Å². The van der Waals surface area contributed by atoms with E-state index in [4.69, 9.17) is 10.5 Å². The van der Waals surface area contributed by atoms with Gasteiger partial charge < -0.3 is 15.8 Å². The molecule has 0 aliphatic rings. The number of amides is 1. The van der Waals surface area contributed by atoms with Gasteiger partial charge in [-0.1, -0.05) is 0 Å². The van der Waals surface area contributed by atoms with Crippen molar-refractivity contribution < 1.29 is 9.53 Å². The number of carbonyl (C=O) groups excluding carboxylic acids is 1. The fourth-order valence-electron chi connectivity index (χ4n) is 1.39. The van der Waals surface area contributed by atoms with E-state index in [2.05, 4.69) is 10.4 Å².